The van der Waals surface area contributed by atoms with E-state index in [1.54, 1.807) is 0 Å². The average Bonchev–Trinajstić information content (AvgIpc) is 2.95. The van der Waals surface area contributed by atoms with Gasteiger partial charge in [0.2, 0.25) is 0 Å². The summed E-state index contributed by atoms with van der Waals surface area (Å²) in [6.07, 6.45) is 1.13. The van der Waals surface area contributed by atoms with Gasteiger partial charge in [-0.1, -0.05) is 31.2 Å². The first kappa shape index (κ1) is 13.8. The lowest BCUT2D eigenvalue weighted by Crippen LogP contribution is -2.34. The molecule has 3 rings (SSSR count). The molecule has 1 aliphatic heterocycles. The minimum absolute atomic E-state index is 0.588. The summed E-state index contributed by atoms with van der Waals surface area (Å²) in [4.78, 5) is 1.49. The van der Waals surface area contributed by atoms with Gasteiger partial charge in [-0.05, 0) is 34.6 Å². The van der Waals surface area contributed by atoms with Gasteiger partial charge in [-0.3, -0.25) is 0 Å². The predicted octanol–water partition coefficient (Wildman–Crippen LogP) is 3.29. The minimum Gasteiger partial charge on any atom is -0.312 e. The van der Waals surface area contributed by atoms with Gasteiger partial charge in [0.15, 0.2) is 0 Å². The van der Waals surface area contributed by atoms with Crippen LogP contribution in [0.2, 0.25) is 0 Å². The van der Waals surface area contributed by atoms with Gasteiger partial charge in [-0.25, -0.2) is 0 Å². The Morgan fingerprint density at radius 2 is 2.20 bits per heavy atom. The van der Waals surface area contributed by atoms with E-state index >= 15 is 0 Å². The number of thiophene rings is 1. The highest BCUT2D eigenvalue weighted by molar-refractivity contribution is 7.10. The van der Waals surface area contributed by atoms with Crippen LogP contribution in [-0.2, 0) is 19.5 Å². The number of hydrogen-bond donors (Lipinski definition) is 2. The van der Waals surface area contributed by atoms with Crippen molar-refractivity contribution in [3.05, 3.63) is 57.3 Å². The number of nitrogens with one attached hydrogen (secondary N) is 2. The number of fused-ring (bicyclic) bond motifs is 1. The molecule has 0 radical (unpaired) electrons. The van der Waals surface area contributed by atoms with Crippen LogP contribution < -0.4 is 10.6 Å². The monoisotopic (exact) mass is 286 g/mol. The molecule has 1 aromatic carbocycles. The summed E-state index contributed by atoms with van der Waals surface area (Å²) >= 11 is 1.87. The highest BCUT2D eigenvalue weighted by Crippen LogP contribution is 2.23. The lowest BCUT2D eigenvalue weighted by atomic mass is 9.91. The quantitative estimate of drug-likeness (QED) is 0.881. The van der Waals surface area contributed by atoms with E-state index in [1.165, 1.54) is 21.6 Å². The van der Waals surface area contributed by atoms with Gasteiger partial charge >= 0.3 is 0 Å². The van der Waals surface area contributed by atoms with Crippen LogP contribution >= 0.6 is 11.3 Å². The molecule has 0 amide bonds. The number of aryl methyl sites for hydroxylation is 1. The van der Waals surface area contributed by atoms with Crippen molar-refractivity contribution >= 4 is 11.3 Å². The van der Waals surface area contributed by atoms with Crippen molar-refractivity contribution in [1.29, 1.82) is 0 Å². The highest BCUT2D eigenvalue weighted by atomic mass is 32.1. The smallest absolute Gasteiger partial charge is 0.0302 e. The van der Waals surface area contributed by atoms with Crippen molar-refractivity contribution in [3.8, 4) is 0 Å². The molecule has 1 unspecified atom stereocenters. The largest absolute Gasteiger partial charge is 0.312 e. The standard InChI is InChI=1S/C17H22N2S/c1-2-13-7-8-20-17(13)12-19-11-15-10-18-9-14-5-3-4-6-16(14)15/h3-8,15,18-19H,2,9-12H2,1H3. The second-order valence-electron chi connectivity index (χ2n) is 5.38. The number of benzene rings is 1. The van der Waals surface area contributed by atoms with E-state index in [-0.39, 0.29) is 0 Å². The molecule has 0 saturated carbocycles. The third kappa shape index (κ3) is 2.95. The van der Waals surface area contributed by atoms with Crippen LogP contribution in [0.5, 0.6) is 0 Å². The third-order valence-electron chi connectivity index (χ3n) is 4.10. The van der Waals surface area contributed by atoms with Crippen LogP contribution in [0.3, 0.4) is 0 Å². The fourth-order valence-corrected chi connectivity index (χ4v) is 3.91. The van der Waals surface area contributed by atoms with Crippen LogP contribution in [0.4, 0.5) is 0 Å². The molecule has 2 heterocycles. The van der Waals surface area contributed by atoms with E-state index in [1.807, 2.05) is 11.3 Å². The van der Waals surface area contributed by atoms with Crippen molar-refractivity contribution in [2.24, 2.45) is 0 Å². The summed E-state index contributed by atoms with van der Waals surface area (Å²) in [6, 6.07) is 11.1. The molecule has 1 aromatic heterocycles. The molecule has 106 valence electrons. The predicted molar refractivity (Wildman–Crippen MR) is 86.3 cm³/mol. The molecule has 1 atom stereocenters. The molecular weight excluding hydrogens is 264 g/mol. The molecule has 20 heavy (non-hydrogen) atoms. The summed E-state index contributed by atoms with van der Waals surface area (Å²) in [5.41, 5.74) is 4.46. The third-order valence-corrected chi connectivity index (χ3v) is 5.06. The van der Waals surface area contributed by atoms with Gasteiger partial charge in [0.1, 0.15) is 0 Å². The molecule has 0 saturated heterocycles. The fourth-order valence-electron chi connectivity index (χ4n) is 2.96. The zero-order valence-corrected chi connectivity index (χ0v) is 12.8. The van der Waals surface area contributed by atoms with Gasteiger partial charge in [-0.15, -0.1) is 11.3 Å². The Kier molecular flexibility index (Phi) is 4.51. The normalized spacial score (nSPS) is 17.9. The molecule has 0 bridgehead atoms. The van der Waals surface area contributed by atoms with Crippen molar-refractivity contribution < 1.29 is 0 Å². The SMILES string of the molecule is CCc1ccsc1CNCC1CNCc2ccccc21. The lowest BCUT2D eigenvalue weighted by molar-refractivity contribution is 0.504. The topological polar surface area (TPSA) is 24.1 Å². The van der Waals surface area contributed by atoms with Gasteiger partial charge in [-0.2, -0.15) is 0 Å². The van der Waals surface area contributed by atoms with Gasteiger partial charge in [0.05, 0.1) is 0 Å². The van der Waals surface area contributed by atoms with Gasteiger partial charge in [0.25, 0.3) is 0 Å². The molecule has 2 N–H and O–H groups in total. The maximum atomic E-state index is 3.64. The lowest BCUT2D eigenvalue weighted by Gasteiger charge is -2.26. The van der Waals surface area contributed by atoms with Crippen molar-refractivity contribution in [3.63, 3.8) is 0 Å². The molecule has 2 aromatic rings. The Hall–Kier alpha value is -1.16. The second kappa shape index (κ2) is 6.53. The van der Waals surface area contributed by atoms with E-state index < -0.39 is 0 Å². The van der Waals surface area contributed by atoms with Crippen molar-refractivity contribution in [1.82, 2.24) is 10.6 Å². The van der Waals surface area contributed by atoms with Crippen LogP contribution in [-0.4, -0.2) is 13.1 Å². The molecule has 0 spiro atoms. The van der Waals surface area contributed by atoms with Crippen molar-refractivity contribution in [2.75, 3.05) is 13.1 Å². The van der Waals surface area contributed by atoms with Crippen LogP contribution in [0.15, 0.2) is 35.7 Å². The second-order valence-corrected chi connectivity index (χ2v) is 6.38. The summed E-state index contributed by atoms with van der Waals surface area (Å²) < 4.78 is 0. The Bertz CT molecular complexity index is 562. The summed E-state index contributed by atoms with van der Waals surface area (Å²) in [6.45, 7) is 6.37. The number of rotatable bonds is 5. The maximum absolute atomic E-state index is 3.64. The van der Waals surface area contributed by atoms with E-state index in [0.717, 1.165) is 32.6 Å². The zero-order valence-electron chi connectivity index (χ0n) is 12.0. The van der Waals surface area contributed by atoms with Crippen molar-refractivity contribution in [2.45, 2.75) is 32.4 Å². The Morgan fingerprint density at radius 3 is 3.10 bits per heavy atom. The van der Waals surface area contributed by atoms with E-state index in [2.05, 4.69) is 53.3 Å². The van der Waals surface area contributed by atoms with E-state index in [0.29, 0.717) is 5.92 Å². The molecule has 2 nitrogen and oxygen atoms in total. The summed E-state index contributed by atoms with van der Waals surface area (Å²) in [7, 11) is 0. The summed E-state index contributed by atoms with van der Waals surface area (Å²) in [5.74, 6) is 0.588. The number of hydrogen-bond acceptors (Lipinski definition) is 3. The van der Waals surface area contributed by atoms with Gasteiger partial charge in [0, 0.05) is 37.0 Å². The zero-order chi connectivity index (χ0) is 13.8. The minimum atomic E-state index is 0.588. The Balaban J connectivity index is 1.60. The first-order valence-electron chi connectivity index (χ1n) is 7.43. The molecule has 3 heteroatoms. The molecule has 1 aliphatic rings. The Morgan fingerprint density at radius 1 is 1.30 bits per heavy atom. The molecule has 0 aliphatic carbocycles. The van der Waals surface area contributed by atoms with Gasteiger partial charge < -0.3 is 10.6 Å². The fraction of sp³-hybridized carbons (Fsp3) is 0.412. The van der Waals surface area contributed by atoms with E-state index in [9.17, 15) is 0 Å². The molecular formula is C17H22N2S. The first-order chi connectivity index (χ1) is 9.88. The summed E-state index contributed by atoms with van der Waals surface area (Å²) in [5, 5.41) is 9.37. The maximum Gasteiger partial charge on any atom is 0.0302 e. The van der Waals surface area contributed by atoms with Crippen LogP contribution in [0, 0.1) is 0 Å². The first-order valence-corrected chi connectivity index (χ1v) is 8.31. The van der Waals surface area contributed by atoms with E-state index in [4.69, 9.17) is 0 Å². The van der Waals surface area contributed by atoms with Crippen LogP contribution in [0.25, 0.3) is 0 Å². The highest BCUT2D eigenvalue weighted by Gasteiger charge is 2.18. The Labute approximate surface area is 125 Å². The molecule has 0 fully saturated rings. The van der Waals surface area contributed by atoms with Crippen LogP contribution in [0.1, 0.15) is 34.4 Å². The average molecular weight is 286 g/mol.